The maximum Gasteiger partial charge on any atom is 0.256 e. The quantitative estimate of drug-likeness (QED) is 0.463. The van der Waals surface area contributed by atoms with E-state index in [0.717, 1.165) is 23.4 Å². The van der Waals surface area contributed by atoms with E-state index in [1.165, 1.54) is 6.07 Å². The zero-order valence-electron chi connectivity index (χ0n) is 17.4. The zero-order chi connectivity index (χ0) is 22.1. The van der Waals surface area contributed by atoms with E-state index >= 15 is 0 Å². The first-order chi connectivity index (χ1) is 15.6. The van der Waals surface area contributed by atoms with Crippen LogP contribution in [0.2, 0.25) is 5.02 Å². The van der Waals surface area contributed by atoms with Crippen LogP contribution in [0.1, 0.15) is 33.2 Å². The number of nitrogens with zero attached hydrogens (tertiary/aromatic N) is 3. The summed E-state index contributed by atoms with van der Waals surface area (Å²) in [6, 6.07) is 24.4. The summed E-state index contributed by atoms with van der Waals surface area (Å²) in [6.07, 6.45) is 3.70. The van der Waals surface area contributed by atoms with Crippen molar-refractivity contribution in [2.75, 3.05) is 6.54 Å². The van der Waals surface area contributed by atoms with Crippen molar-refractivity contribution in [1.82, 2.24) is 14.0 Å². The SMILES string of the molecule is O=C(c1ccc(=O)n(Cc2ccccc2Cl)c1)N1CCn2cccc2C1c1ccccc1. The molecule has 0 aliphatic carbocycles. The molecule has 0 saturated carbocycles. The third kappa shape index (κ3) is 3.76. The summed E-state index contributed by atoms with van der Waals surface area (Å²) in [5, 5.41) is 0.595. The van der Waals surface area contributed by atoms with Crippen LogP contribution in [0.5, 0.6) is 0 Å². The minimum Gasteiger partial charge on any atom is -0.348 e. The van der Waals surface area contributed by atoms with Crippen molar-refractivity contribution in [3.05, 3.63) is 129 Å². The van der Waals surface area contributed by atoms with Gasteiger partial charge in [-0.25, -0.2) is 0 Å². The Bertz CT molecular complexity index is 1330. The Morgan fingerprint density at radius 3 is 2.50 bits per heavy atom. The number of benzene rings is 2. The summed E-state index contributed by atoms with van der Waals surface area (Å²) in [5.74, 6) is -0.0980. The first-order valence-electron chi connectivity index (χ1n) is 10.6. The lowest BCUT2D eigenvalue weighted by Crippen LogP contribution is -2.42. The molecule has 6 heteroatoms. The van der Waals surface area contributed by atoms with Gasteiger partial charge in [0.25, 0.3) is 11.5 Å². The Morgan fingerprint density at radius 2 is 1.69 bits per heavy atom. The molecule has 1 unspecified atom stereocenters. The third-order valence-corrected chi connectivity index (χ3v) is 6.31. The first kappa shape index (κ1) is 20.3. The molecule has 3 heterocycles. The molecule has 1 atom stereocenters. The van der Waals surface area contributed by atoms with Crippen LogP contribution in [0.3, 0.4) is 0 Å². The molecule has 32 heavy (non-hydrogen) atoms. The highest BCUT2D eigenvalue weighted by Gasteiger charge is 2.32. The van der Waals surface area contributed by atoms with Gasteiger partial charge in [0.15, 0.2) is 0 Å². The average Bonchev–Trinajstić information content (AvgIpc) is 3.30. The second-order valence-corrected chi connectivity index (χ2v) is 8.32. The molecule has 1 aliphatic heterocycles. The van der Waals surface area contributed by atoms with Crippen molar-refractivity contribution in [2.24, 2.45) is 0 Å². The van der Waals surface area contributed by atoms with Crippen LogP contribution in [-0.4, -0.2) is 26.5 Å². The summed E-state index contributed by atoms with van der Waals surface area (Å²) >= 11 is 6.28. The lowest BCUT2D eigenvalue weighted by molar-refractivity contribution is 0.0663. The second-order valence-electron chi connectivity index (χ2n) is 7.91. The van der Waals surface area contributed by atoms with Crippen LogP contribution >= 0.6 is 11.6 Å². The first-order valence-corrected chi connectivity index (χ1v) is 10.9. The Morgan fingerprint density at radius 1 is 0.906 bits per heavy atom. The molecule has 5 nitrogen and oxygen atoms in total. The molecular weight excluding hydrogens is 422 g/mol. The van der Waals surface area contributed by atoms with Gasteiger partial charge in [0.05, 0.1) is 18.2 Å². The minimum atomic E-state index is -0.184. The molecule has 160 valence electrons. The number of carbonyl (C=O) groups excluding carboxylic acids is 1. The minimum absolute atomic E-state index is 0.0980. The maximum absolute atomic E-state index is 13.7. The van der Waals surface area contributed by atoms with Gasteiger partial charge in [0.1, 0.15) is 0 Å². The fourth-order valence-electron chi connectivity index (χ4n) is 4.35. The number of carbonyl (C=O) groups is 1. The molecule has 2 aromatic heterocycles. The molecule has 0 spiro atoms. The summed E-state index contributed by atoms with van der Waals surface area (Å²) in [5.41, 5.74) is 3.29. The van der Waals surface area contributed by atoms with E-state index < -0.39 is 0 Å². The molecule has 0 bridgehead atoms. The molecule has 1 aliphatic rings. The predicted molar refractivity (Wildman–Crippen MR) is 125 cm³/mol. The van der Waals surface area contributed by atoms with Gasteiger partial charge in [-0.3, -0.25) is 9.59 Å². The monoisotopic (exact) mass is 443 g/mol. The third-order valence-electron chi connectivity index (χ3n) is 5.94. The normalized spacial score (nSPS) is 15.4. The molecule has 0 saturated heterocycles. The molecule has 4 aromatic rings. The molecule has 0 fully saturated rings. The molecule has 5 rings (SSSR count). The van der Waals surface area contributed by atoms with E-state index in [9.17, 15) is 9.59 Å². The van der Waals surface area contributed by atoms with E-state index in [0.29, 0.717) is 23.7 Å². The summed E-state index contributed by atoms with van der Waals surface area (Å²) in [4.78, 5) is 28.1. The highest BCUT2D eigenvalue weighted by atomic mass is 35.5. The van der Waals surface area contributed by atoms with Crippen LogP contribution in [-0.2, 0) is 13.1 Å². The van der Waals surface area contributed by atoms with E-state index in [-0.39, 0.29) is 17.5 Å². The molecular formula is C26H22ClN3O2. The van der Waals surface area contributed by atoms with E-state index in [1.807, 2.05) is 59.5 Å². The largest absolute Gasteiger partial charge is 0.348 e. The van der Waals surface area contributed by atoms with Crippen LogP contribution in [0.4, 0.5) is 0 Å². The van der Waals surface area contributed by atoms with E-state index in [1.54, 1.807) is 22.9 Å². The van der Waals surface area contributed by atoms with Gasteiger partial charge in [0, 0.05) is 42.3 Å². The van der Waals surface area contributed by atoms with Gasteiger partial charge in [-0.15, -0.1) is 0 Å². The smallest absolute Gasteiger partial charge is 0.256 e. The van der Waals surface area contributed by atoms with E-state index in [2.05, 4.69) is 16.8 Å². The molecule has 2 aromatic carbocycles. The number of halogens is 1. The van der Waals surface area contributed by atoms with Gasteiger partial charge in [0.2, 0.25) is 0 Å². The number of pyridine rings is 1. The highest BCUT2D eigenvalue weighted by molar-refractivity contribution is 6.31. The Kier molecular flexibility index (Phi) is 5.41. The van der Waals surface area contributed by atoms with E-state index in [4.69, 9.17) is 11.6 Å². The van der Waals surface area contributed by atoms with Gasteiger partial charge >= 0.3 is 0 Å². The highest BCUT2D eigenvalue weighted by Crippen LogP contribution is 2.33. The number of rotatable bonds is 4. The van der Waals surface area contributed by atoms with Crippen molar-refractivity contribution in [3.8, 4) is 0 Å². The summed E-state index contributed by atoms with van der Waals surface area (Å²) in [6.45, 7) is 1.63. The van der Waals surface area contributed by atoms with Crippen molar-refractivity contribution in [3.63, 3.8) is 0 Å². The van der Waals surface area contributed by atoms with Crippen molar-refractivity contribution >= 4 is 17.5 Å². The number of aromatic nitrogens is 2. The average molecular weight is 444 g/mol. The van der Waals surface area contributed by atoms with Crippen molar-refractivity contribution < 1.29 is 4.79 Å². The van der Waals surface area contributed by atoms with Crippen molar-refractivity contribution in [2.45, 2.75) is 19.1 Å². The number of hydrogen-bond donors (Lipinski definition) is 0. The molecule has 0 radical (unpaired) electrons. The number of hydrogen-bond acceptors (Lipinski definition) is 2. The van der Waals surface area contributed by atoms with Gasteiger partial charge in [-0.1, -0.05) is 60.1 Å². The van der Waals surface area contributed by atoms with Crippen LogP contribution in [0.15, 0.2) is 96.1 Å². The van der Waals surface area contributed by atoms with Gasteiger partial charge in [-0.2, -0.15) is 0 Å². The Labute approximate surface area is 191 Å². The fourth-order valence-corrected chi connectivity index (χ4v) is 4.54. The summed E-state index contributed by atoms with van der Waals surface area (Å²) in [7, 11) is 0. The zero-order valence-corrected chi connectivity index (χ0v) is 18.2. The lowest BCUT2D eigenvalue weighted by Gasteiger charge is -2.37. The lowest BCUT2D eigenvalue weighted by atomic mass is 9.99. The molecule has 1 amide bonds. The van der Waals surface area contributed by atoms with Crippen LogP contribution < -0.4 is 5.56 Å². The van der Waals surface area contributed by atoms with Crippen LogP contribution in [0, 0.1) is 0 Å². The molecule has 0 N–H and O–H groups in total. The fraction of sp³-hybridized carbons (Fsp3) is 0.154. The summed E-state index contributed by atoms with van der Waals surface area (Å²) < 4.78 is 3.73. The second kappa shape index (κ2) is 8.52. The predicted octanol–water partition coefficient (Wildman–Crippen LogP) is 4.60. The Hall–Kier alpha value is -3.57. The number of amides is 1. The Balaban J connectivity index is 1.51. The topological polar surface area (TPSA) is 47.2 Å². The maximum atomic E-state index is 13.7. The standard InChI is InChI=1S/C26H22ClN3O2/c27-22-10-5-4-9-20(22)17-29-18-21(12-13-24(29)31)26(32)30-16-15-28-14-6-11-23(28)25(30)19-7-2-1-3-8-19/h1-14,18,25H,15-17H2. The van der Waals surface area contributed by atoms with Crippen LogP contribution in [0.25, 0.3) is 0 Å². The number of fused-ring (bicyclic) bond motifs is 1. The van der Waals surface area contributed by atoms with Crippen molar-refractivity contribution in [1.29, 1.82) is 0 Å². The van der Waals surface area contributed by atoms with Gasteiger partial charge in [-0.05, 0) is 35.4 Å². The van der Waals surface area contributed by atoms with Gasteiger partial charge < -0.3 is 14.0 Å².